The Morgan fingerprint density at radius 1 is 1.33 bits per heavy atom. The molecule has 0 saturated carbocycles. The Morgan fingerprint density at radius 2 is 2.08 bits per heavy atom. The van der Waals surface area contributed by atoms with E-state index in [0.29, 0.717) is 0 Å². The van der Waals surface area contributed by atoms with Crippen LogP contribution < -0.4 is 0 Å². The van der Waals surface area contributed by atoms with Gasteiger partial charge in [-0.05, 0) is 17.5 Å². The number of hydrogen-bond acceptors (Lipinski definition) is 1. The third kappa shape index (κ3) is 2.21. The summed E-state index contributed by atoms with van der Waals surface area (Å²) in [5.74, 6) is 0. The number of aryl methyl sites for hydroxylation is 1. The van der Waals surface area contributed by atoms with Crippen LogP contribution in [0.3, 0.4) is 0 Å². The van der Waals surface area contributed by atoms with Crippen molar-refractivity contribution in [2.45, 2.75) is 13.3 Å². The minimum absolute atomic E-state index is 0.109. The number of rotatable bonds is 3. The van der Waals surface area contributed by atoms with Crippen molar-refractivity contribution in [1.29, 1.82) is 0 Å². The highest BCUT2D eigenvalue weighted by molar-refractivity contribution is 5.53. The first kappa shape index (κ1) is 9.01. The van der Waals surface area contributed by atoms with Gasteiger partial charge in [-0.2, -0.15) is 0 Å². The average molecular weight is 162 g/mol. The fourth-order valence-electron chi connectivity index (χ4n) is 1.20. The molecule has 0 amide bonds. The molecule has 1 aromatic rings. The summed E-state index contributed by atoms with van der Waals surface area (Å²) in [4.78, 5) is 0. The lowest BCUT2D eigenvalue weighted by Gasteiger charge is -2.00. The van der Waals surface area contributed by atoms with Crippen LogP contribution in [-0.4, -0.2) is 11.7 Å². The molecule has 0 aliphatic heterocycles. The first-order valence-electron chi connectivity index (χ1n) is 4.23. The van der Waals surface area contributed by atoms with Crippen molar-refractivity contribution in [3.8, 4) is 0 Å². The van der Waals surface area contributed by atoms with Gasteiger partial charge in [-0.3, -0.25) is 0 Å². The molecule has 1 heteroatoms. The summed E-state index contributed by atoms with van der Waals surface area (Å²) in [5.41, 5.74) is 2.52. The third-order valence-corrected chi connectivity index (χ3v) is 1.84. The summed E-state index contributed by atoms with van der Waals surface area (Å²) in [5, 5.41) is 8.60. The van der Waals surface area contributed by atoms with Crippen molar-refractivity contribution in [2.75, 3.05) is 6.61 Å². The highest BCUT2D eigenvalue weighted by Gasteiger charge is 1.93. The smallest absolute Gasteiger partial charge is 0.0615 e. The van der Waals surface area contributed by atoms with Gasteiger partial charge in [-0.1, -0.05) is 43.3 Å². The molecule has 0 atom stereocenters. The van der Waals surface area contributed by atoms with E-state index in [1.807, 2.05) is 18.2 Å². The Labute approximate surface area is 73.4 Å². The van der Waals surface area contributed by atoms with Gasteiger partial charge in [-0.25, -0.2) is 0 Å². The molecule has 0 aliphatic carbocycles. The molecule has 1 N–H and O–H groups in total. The maximum absolute atomic E-state index is 8.60. The van der Waals surface area contributed by atoms with E-state index >= 15 is 0 Å². The van der Waals surface area contributed by atoms with E-state index in [0.717, 1.165) is 6.42 Å². The Bertz CT molecular complexity index is 263. The maximum atomic E-state index is 8.60. The highest BCUT2D eigenvalue weighted by Crippen LogP contribution is 2.10. The molecule has 64 valence electrons. The van der Waals surface area contributed by atoms with Crippen molar-refractivity contribution in [3.05, 3.63) is 41.5 Å². The van der Waals surface area contributed by atoms with Gasteiger partial charge in [0.05, 0.1) is 6.61 Å². The van der Waals surface area contributed by atoms with Crippen LogP contribution in [0.25, 0.3) is 6.08 Å². The molecule has 0 heterocycles. The molecule has 1 aromatic carbocycles. The molecule has 0 fully saturated rings. The van der Waals surface area contributed by atoms with Crippen molar-refractivity contribution in [3.63, 3.8) is 0 Å². The molecular weight excluding hydrogens is 148 g/mol. The van der Waals surface area contributed by atoms with E-state index in [4.69, 9.17) is 5.11 Å². The van der Waals surface area contributed by atoms with Crippen LogP contribution in [0.4, 0.5) is 0 Å². The lowest BCUT2D eigenvalue weighted by molar-refractivity contribution is 0.343. The van der Waals surface area contributed by atoms with Gasteiger partial charge in [-0.15, -0.1) is 0 Å². The van der Waals surface area contributed by atoms with E-state index in [2.05, 4.69) is 19.1 Å². The van der Waals surface area contributed by atoms with Crippen molar-refractivity contribution >= 4 is 6.08 Å². The highest BCUT2D eigenvalue weighted by atomic mass is 16.2. The van der Waals surface area contributed by atoms with Crippen LogP contribution in [0.15, 0.2) is 30.3 Å². The molecular formula is C11H14O. The van der Waals surface area contributed by atoms with Gasteiger partial charge in [0.15, 0.2) is 0 Å². The zero-order valence-corrected chi connectivity index (χ0v) is 7.33. The van der Waals surface area contributed by atoms with Crippen molar-refractivity contribution in [1.82, 2.24) is 0 Å². The predicted molar refractivity (Wildman–Crippen MR) is 51.9 cm³/mol. The molecule has 0 radical (unpaired) electrons. The van der Waals surface area contributed by atoms with Gasteiger partial charge in [0.1, 0.15) is 0 Å². The molecule has 0 spiro atoms. The number of benzene rings is 1. The molecule has 1 rings (SSSR count). The molecule has 0 bridgehead atoms. The second-order valence-electron chi connectivity index (χ2n) is 2.64. The number of hydrogen-bond donors (Lipinski definition) is 1. The molecule has 1 nitrogen and oxygen atoms in total. The summed E-state index contributed by atoms with van der Waals surface area (Å²) in [7, 11) is 0. The van der Waals surface area contributed by atoms with Crippen LogP contribution in [-0.2, 0) is 6.42 Å². The topological polar surface area (TPSA) is 20.2 Å². The van der Waals surface area contributed by atoms with E-state index in [9.17, 15) is 0 Å². The minimum Gasteiger partial charge on any atom is -0.392 e. The summed E-state index contributed by atoms with van der Waals surface area (Å²) >= 11 is 0. The molecule has 0 aliphatic rings. The van der Waals surface area contributed by atoms with Crippen LogP contribution in [0, 0.1) is 0 Å². The Hall–Kier alpha value is -1.08. The molecule has 0 aromatic heterocycles. The number of aliphatic hydroxyl groups is 1. The Balaban J connectivity index is 2.89. The summed E-state index contributed by atoms with van der Waals surface area (Å²) in [6, 6.07) is 8.22. The van der Waals surface area contributed by atoms with Crippen LogP contribution in [0.1, 0.15) is 18.1 Å². The van der Waals surface area contributed by atoms with E-state index < -0.39 is 0 Å². The summed E-state index contributed by atoms with van der Waals surface area (Å²) < 4.78 is 0. The molecule has 0 unspecified atom stereocenters. The fraction of sp³-hybridized carbons (Fsp3) is 0.273. The predicted octanol–water partition coefficient (Wildman–Crippen LogP) is 2.25. The normalized spacial score (nSPS) is 10.8. The van der Waals surface area contributed by atoms with E-state index in [1.165, 1.54) is 11.1 Å². The number of aliphatic hydroxyl groups excluding tert-OH is 1. The van der Waals surface area contributed by atoms with Crippen molar-refractivity contribution < 1.29 is 5.11 Å². The van der Waals surface area contributed by atoms with Gasteiger partial charge in [0.25, 0.3) is 0 Å². The second-order valence-corrected chi connectivity index (χ2v) is 2.64. The quantitative estimate of drug-likeness (QED) is 0.722. The van der Waals surface area contributed by atoms with Crippen molar-refractivity contribution in [2.24, 2.45) is 0 Å². The van der Waals surface area contributed by atoms with E-state index in [1.54, 1.807) is 6.08 Å². The van der Waals surface area contributed by atoms with E-state index in [-0.39, 0.29) is 6.61 Å². The largest absolute Gasteiger partial charge is 0.392 e. The average Bonchev–Trinajstić information content (AvgIpc) is 2.15. The van der Waals surface area contributed by atoms with Gasteiger partial charge < -0.3 is 5.11 Å². The van der Waals surface area contributed by atoms with Crippen LogP contribution in [0.2, 0.25) is 0 Å². The monoisotopic (exact) mass is 162 g/mol. The molecule has 0 saturated heterocycles. The van der Waals surface area contributed by atoms with Gasteiger partial charge in [0, 0.05) is 0 Å². The fourth-order valence-corrected chi connectivity index (χ4v) is 1.20. The van der Waals surface area contributed by atoms with Crippen LogP contribution >= 0.6 is 0 Å². The minimum atomic E-state index is 0.109. The standard InChI is InChI=1S/C11H14O/c1-2-10-6-3-4-7-11(10)8-5-9-12/h3-8,12H,2,9H2,1H3. The SMILES string of the molecule is CCc1ccccc1C=CCO. The molecule has 12 heavy (non-hydrogen) atoms. The first-order valence-corrected chi connectivity index (χ1v) is 4.23. The zero-order valence-electron chi connectivity index (χ0n) is 7.33. The van der Waals surface area contributed by atoms with Crippen LogP contribution in [0.5, 0.6) is 0 Å². The summed E-state index contributed by atoms with van der Waals surface area (Å²) in [6.07, 6.45) is 4.75. The Kier molecular flexibility index (Phi) is 3.55. The van der Waals surface area contributed by atoms with Gasteiger partial charge in [0.2, 0.25) is 0 Å². The first-order chi connectivity index (χ1) is 5.88. The lowest BCUT2D eigenvalue weighted by Crippen LogP contribution is -1.84. The second kappa shape index (κ2) is 4.73. The third-order valence-electron chi connectivity index (χ3n) is 1.84. The maximum Gasteiger partial charge on any atom is 0.0615 e. The zero-order chi connectivity index (χ0) is 8.81. The summed E-state index contributed by atoms with van der Waals surface area (Å²) in [6.45, 7) is 2.24. The van der Waals surface area contributed by atoms with Gasteiger partial charge >= 0.3 is 0 Å². The lowest BCUT2D eigenvalue weighted by atomic mass is 10.1. The Morgan fingerprint density at radius 3 is 2.75 bits per heavy atom.